The molecule has 1 saturated carbocycles. The molecule has 2 N–H and O–H groups in total. The molecule has 0 bridgehead atoms. The molecule has 0 amide bonds. The SMILES string of the molecule is Cc1ccc(C(CN)N(C)C2CCC(C)CC2)cc1Br. The summed E-state index contributed by atoms with van der Waals surface area (Å²) in [6.07, 6.45) is 5.32. The highest BCUT2D eigenvalue weighted by Crippen LogP contribution is 2.32. The second-order valence-corrected chi connectivity index (χ2v) is 7.19. The van der Waals surface area contributed by atoms with Crippen molar-refractivity contribution in [2.45, 2.75) is 51.6 Å². The van der Waals surface area contributed by atoms with Crippen molar-refractivity contribution in [2.75, 3.05) is 13.6 Å². The number of benzene rings is 1. The van der Waals surface area contributed by atoms with Crippen LogP contribution in [-0.4, -0.2) is 24.5 Å². The Morgan fingerprint density at radius 1 is 1.30 bits per heavy atom. The normalized spacial score (nSPS) is 24.9. The number of likely N-dealkylation sites (N-methyl/N-ethyl adjacent to an activating group) is 1. The standard InChI is InChI=1S/C17H27BrN2/c1-12-4-8-15(9-5-12)20(3)17(11-19)14-7-6-13(2)16(18)10-14/h6-7,10,12,15,17H,4-5,8-9,11,19H2,1-3H3. The maximum Gasteiger partial charge on any atom is 0.0470 e. The first-order chi connectivity index (χ1) is 9.52. The van der Waals surface area contributed by atoms with Crippen molar-refractivity contribution in [1.82, 2.24) is 4.90 Å². The van der Waals surface area contributed by atoms with Crippen LogP contribution < -0.4 is 5.73 Å². The molecule has 1 atom stereocenters. The van der Waals surface area contributed by atoms with E-state index < -0.39 is 0 Å². The van der Waals surface area contributed by atoms with Crippen LogP contribution in [0.3, 0.4) is 0 Å². The lowest BCUT2D eigenvalue weighted by Gasteiger charge is -2.38. The predicted octanol–water partition coefficient (Wildman–Crippen LogP) is 4.27. The Morgan fingerprint density at radius 3 is 2.50 bits per heavy atom. The van der Waals surface area contributed by atoms with Crippen LogP contribution in [0.5, 0.6) is 0 Å². The Hall–Kier alpha value is -0.380. The zero-order valence-corrected chi connectivity index (χ0v) is 14.5. The van der Waals surface area contributed by atoms with Crippen LogP contribution in [0.15, 0.2) is 22.7 Å². The molecule has 1 aromatic carbocycles. The molecule has 112 valence electrons. The molecular formula is C17H27BrN2. The van der Waals surface area contributed by atoms with Gasteiger partial charge in [-0.15, -0.1) is 0 Å². The molecule has 1 fully saturated rings. The van der Waals surface area contributed by atoms with E-state index in [1.165, 1.54) is 41.3 Å². The van der Waals surface area contributed by atoms with Gasteiger partial charge in [0.1, 0.15) is 0 Å². The summed E-state index contributed by atoms with van der Waals surface area (Å²) in [4.78, 5) is 2.50. The van der Waals surface area contributed by atoms with E-state index in [1.54, 1.807) is 0 Å². The van der Waals surface area contributed by atoms with Crippen molar-refractivity contribution in [3.63, 3.8) is 0 Å². The summed E-state index contributed by atoms with van der Waals surface area (Å²) in [6.45, 7) is 5.17. The molecular weight excluding hydrogens is 312 g/mol. The van der Waals surface area contributed by atoms with Gasteiger partial charge in [-0.3, -0.25) is 4.90 Å². The lowest BCUT2D eigenvalue weighted by atomic mass is 9.86. The van der Waals surface area contributed by atoms with Crippen molar-refractivity contribution in [3.8, 4) is 0 Å². The number of hydrogen-bond acceptors (Lipinski definition) is 2. The van der Waals surface area contributed by atoms with Crippen molar-refractivity contribution in [2.24, 2.45) is 11.7 Å². The number of nitrogens with zero attached hydrogens (tertiary/aromatic N) is 1. The zero-order chi connectivity index (χ0) is 14.7. The smallest absolute Gasteiger partial charge is 0.0470 e. The van der Waals surface area contributed by atoms with E-state index in [9.17, 15) is 0 Å². The third-order valence-electron chi connectivity index (χ3n) is 4.86. The number of nitrogens with two attached hydrogens (primary N) is 1. The zero-order valence-electron chi connectivity index (χ0n) is 12.9. The van der Waals surface area contributed by atoms with Gasteiger partial charge in [0.2, 0.25) is 0 Å². The Balaban J connectivity index is 2.12. The summed E-state index contributed by atoms with van der Waals surface area (Å²) in [5.74, 6) is 0.893. The van der Waals surface area contributed by atoms with Crippen LogP contribution in [0.2, 0.25) is 0 Å². The van der Waals surface area contributed by atoms with E-state index >= 15 is 0 Å². The lowest BCUT2D eigenvalue weighted by molar-refractivity contribution is 0.126. The summed E-state index contributed by atoms with van der Waals surface area (Å²) < 4.78 is 1.18. The number of hydrogen-bond donors (Lipinski definition) is 1. The molecule has 2 nitrogen and oxygen atoms in total. The Morgan fingerprint density at radius 2 is 1.95 bits per heavy atom. The molecule has 1 unspecified atom stereocenters. The minimum atomic E-state index is 0.324. The van der Waals surface area contributed by atoms with Gasteiger partial charge in [0, 0.05) is 23.1 Å². The highest BCUT2D eigenvalue weighted by atomic mass is 79.9. The second-order valence-electron chi connectivity index (χ2n) is 6.34. The van der Waals surface area contributed by atoms with Crippen LogP contribution >= 0.6 is 15.9 Å². The fourth-order valence-corrected chi connectivity index (χ4v) is 3.65. The van der Waals surface area contributed by atoms with Crippen LogP contribution in [0.1, 0.15) is 49.8 Å². The Labute approximate surface area is 131 Å². The third kappa shape index (κ3) is 3.63. The molecule has 0 aliphatic heterocycles. The van der Waals surface area contributed by atoms with Crippen LogP contribution in [0.25, 0.3) is 0 Å². The number of aryl methyl sites for hydroxylation is 1. The molecule has 0 aromatic heterocycles. The van der Waals surface area contributed by atoms with Gasteiger partial charge in [-0.25, -0.2) is 0 Å². The van der Waals surface area contributed by atoms with E-state index in [2.05, 4.69) is 59.9 Å². The van der Waals surface area contributed by atoms with E-state index in [0.29, 0.717) is 18.6 Å². The average molecular weight is 339 g/mol. The highest BCUT2D eigenvalue weighted by Gasteiger charge is 2.26. The van der Waals surface area contributed by atoms with Crippen molar-refractivity contribution in [3.05, 3.63) is 33.8 Å². The van der Waals surface area contributed by atoms with Crippen molar-refractivity contribution >= 4 is 15.9 Å². The van der Waals surface area contributed by atoms with Gasteiger partial charge in [-0.1, -0.05) is 35.0 Å². The first kappa shape index (κ1) is 16.0. The summed E-state index contributed by atoms with van der Waals surface area (Å²) >= 11 is 3.64. The predicted molar refractivity (Wildman–Crippen MR) is 89.9 cm³/mol. The average Bonchev–Trinajstić information content (AvgIpc) is 2.44. The van der Waals surface area contributed by atoms with Gasteiger partial charge in [-0.05, 0) is 62.8 Å². The summed E-state index contributed by atoms with van der Waals surface area (Å²) in [5, 5.41) is 0. The van der Waals surface area contributed by atoms with Gasteiger partial charge in [0.25, 0.3) is 0 Å². The molecule has 0 radical (unpaired) electrons. The quantitative estimate of drug-likeness (QED) is 0.888. The largest absolute Gasteiger partial charge is 0.329 e. The van der Waals surface area contributed by atoms with E-state index in [4.69, 9.17) is 5.73 Å². The lowest BCUT2D eigenvalue weighted by Crippen LogP contribution is -2.40. The van der Waals surface area contributed by atoms with Gasteiger partial charge in [-0.2, -0.15) is 0 Å². The van der Waals surface area contributed by atoms with Gasteiger partial charge >= 0.3 is 0 Å². The monoisotopic (exact) mass is 338 g/mol. The summed E-state index contributed by atoms with van der Waals surface area (Å²) in [5.41, 5.74) is 8.67. The highest BCUT2D eigenvalue weighted by molar-refractivity contribution is 9.10. The molecule has 2 rings (SSSR count). The summed E-state index contributed by atoms with van der Waals surface area (Å²) in [6, 6.07) is 7.64. The first-order valence-corrected chi connectivity index (χ1v) is 8.50. The minimum Gasteiger partial charge on any atom is -0.329 e. The van der Waals surface area contributed by atoms with Crippen LogP contribution in [0.4, 0.5) is 0 Å². The van der Waals surface area contributed by atoms with Gasteiger partial charge in [0.15, 0.2) is 0 Å². The molecule has 20 heavy (non-hydrogen) atoms. The third-order valence-corrected chi connectivity index (χ3v) is 5.71. The fourth-order valence-electron chi connectivity index (χ4n) is 3.26. The maximum absolute atomic E-state index is 6.07. The fraction of sp³-hybridized carbons (Fsp3) is 0.647. The van der Waals surface area contributed by atoms with E-state index in [0.717, 1.165) is 5.92 Å². The number of rotatable bonds is 4. The first-order valence-electron chi connectivity index (χ1n) is 7.71. The molecule has 0 spiro atoms. The van der Waals surface area contributed by atoms with Crippen molar-refractivity contribution in [1.29, 1.82) is 0 Å². The van der Waals surface area contributed by atoms with Crippen molar-refractivity contribution < 1.29 is 0 Å². The van der Waals surface area contributed by atoms with Crippen LogP contribution in [-0.2, 0) is 0 Å². The Kier molecular flexibility index (Phi) is 5.65. The number of halogens is 1. The Bertz CT molecular complexity index is 439. The van der Waals surface area contributed by atoms with E-state index in [-0.39, 0.29) is 0 Å². The maximum atomic E-state index is 6.07. The molecule has 0 heterocycles. The second kappa shape index (κ2) is 7.06. The topological polar surface area (TPSA) is 29.3 Å². The molecule has 0 saturated heterocycles. The molecule has 1 aromatic rings. The molecule has 1 aliphatic carbocycles. The minimum absolute atomic E-state index is 0.324. The van der Waals surface area contributed by atoms with Crippen LogP contribution in [0, 0.1) is 12.8 Å². The molecule has 1 aliphatic rings. The van der Waals surface area contributed by atoms with E-state index in [1.807, 2.05) is 0 Å². The van der Waals surface area contributed by atoms with Gasteiger partial charge < -0.3 is 5.73 Å². The molecule has 3 heteroatoms. The van der Waals surface area contributed by atoms with Gasteiger partial charge in [0.05, 0.1) is 0 Å². The summed E-state index contributed by atoms with van der Waals surface area (Å²) in [7, 11) is 2.24.